The zero-order chi connectivity index (χ0) is 21.9. The number of carbonyl (C=O) groups is 3. The van der Waals surface area contributed by atoms with Gasteiger partial charge in [-0.1, -0.05) is 17.2 Å². The fraction of sp³-hybridized carbons (Fsp3) is 0.211. The Morgan fingerprint density at radius 2 is 1.57 bits per heavy atom. The van der Waals surface area contributed by atoms with Gasteiger partial charge in [0.15, 0.2) is 11.5 Å². The number of fused-ring (bicyclic) bond motifs is 1. The van der Waals surface area contributed by atoms with Gasteiger partial charge >= 0.3 is 5.97 Å². The fourth-order valence-corrected chi connectivity index (χ4v) is 3.80. The summed E-state index contributed by atoms with van der Waals surface area (Å²) in [5.74, 6) is -1.87. The van der Waals surface area contributed by atoms with Crippen LogP contribution in [0.2, 0.25) is 0 Å². The van der Waals surface area contributed by atoms with E-state index in [1.54, 1.807) is 12.1 Å². The van der Waals surface area contributed by atoms with Crippen LogP contribution in [0.4, 0.5) is 0 Å². The van der Waals surface area contributed by atoms with Gasteiger partial charge in [-0.25, -0.2) is 17.9 Å². The molecule has 0 atom stereocenters. The van der Waals surface area contributed by atoms with Crippen LogP contribution in [0.1, 0.15) is 27.1 Å². The second-order valence-electron chi connectivity index (χ2n) is 6.08. The average Bonchev–Trinajstić information content (AvgIpc) is 2.98. The van der Waals surface area contributed by atoms with Gasteiger partial charge < -0.3 is 14.3 Å². The van der Waals surface area contributed by atoms with Gasteiger partial charge in [-0.15, -0.1) is 0 Å². The first-order valence-electron chi connectivity index (χ1n) is 8.69. The van der Waals surface area contributed by atoms with Gasteiger partial charge in [0.05, 0.1) is 36.7 Å². The zero-order valence-corrected chi connectivity index (χ0v) is 16.9. The number of benzene rings is 2. The molecule has 158 valence electrons. The third kappa shape index (κ3) is 4.11. The Bertz CT molecular complexity index is 1080. The van der Waals surface area contributed by atoms with Crippen molar-refractivity contribution in [1.29, 1.82) is 0 Å². The smallest absolute Gasteiger partial charge is 0.334 e. The number of rotatable bonds is 8. The van der Waals surface area contributed by atoms with Crippen LogP contribution >= 0.6 is 0 Å². The fourth-order valence-electron chi connectivity index (χ4n) is 2.75. The van der Waals surface area contributed by atoms with Gasteiger partial charge in [0.25, 0.3) is 11.8 Å². The first kappa shape index (κ1) is 21.3. The van der Waals surface area contributed by atoms with Gasteiger partial charge in [-0.05, 0) is 24.3 Å². The zero-order valence-electron chi connectivity index (χ0n) is 16.1. The van der Waals surface area contributed by atoms with E-state index < -0.39 is 34.2 Å². The third-order valence-corrected chi connectivity index (χ3v) is 5.70. The van der Waals surface area contributed by atoms with E-state index in [1.165, 1.54) is 44.6 Å². The summed E-state index contributed by atoms with van der Waals surface area (Å²) in [6.45, 7) is -0.307. The number of nitrogens with zero attached hydrogens (tertiary/aromatic N) is 1. The lowest BCUT2D eigenvalue weighted by atomic mass is 10.1. The van der Waals surface area contributed by atoms with E-state index in [2.05, 4.69) is 4.72 Å². The summed E-state index contributed by atoms with van der Waals surface area (Å²) in [5, 5.41) is 0.371. The normalized spacial score (nSPS) is 13.2. The monoisotopic (exact) mass is 434 g/mol. The number of sulfonamides is 1. The molecule has 0 fully saturated rings. The summed E-state index contributed by atoms with van der Waals surface area (Å²) in [6.07, 6.45) is -0.403. The van der Waals surface area contributed by atoms with Crippen molar-refractivity contribution in [2.75, 3.05) is 20.8 Å². The quantitative estimate of drug-likeness (QED) is 0.612. The van der Waals surface area contributed by atoms with Gasteiger partial charge in [0.2, 0.25) is 10.0 Å². The summed E-state index contributed by atoms with van der Waals surface area (Å²) in [4.78, 5) is 41.1. The largest absolute Gasteiger partial charge is 0.493 e. The van der Waals surface area contributed by atoms with Gasteiger partial charge in [-0.2, -0.15) is 0 Å². The van der Waals surface area contributed by atoms with Crippen molar-refractivity contribution in [3.8, 4) is 11.5 Å². The number of amides is 2. The first-order valence-corrected chi connectivity index (χ1v) is 10.2. The van der Waals surface area contributed by atoms with E-state index >= 15 is 0 Å². The molecule has 1 heterocycles. The average molecular weight is 434 g/mol. The van der Waals surface area contributed by atoms with Gasteiger partial charge in [-0.3, -0.25) is 9.59 Å². The van der Waals surface area contributed by atoms with Crippen molar-refractivity contribution < 1.29 is 37.1 Å². The van der Waals surface area contributed by atoms with Crippen molar-refractivity contribution in [1.82, 2.24) is 9.79 Å². The molecule has 0 saturated heterocycles. The van der Waals surface area contributed by atoms with Crippen molar-refractivity contribution >= 4 is 27.8 Å². The Morgan fingerprint density at radius 1 is 0.967 bits per heavy atom. The maximum absolute atomic E-state index is 12.4. The maximum atomic E-state index is 12.4. The molecule has 0 saturated carbocycles. The van der Waals surface area contributed by atoms with Crippen molar-refractivity contribution in [2.24, 2.45) is 0 Å². The Labute approximate surface area is 172 Å². The standard InChI is InChI=1S/C19H18N2O8S/c1-27-15-8-7-12(11-16(15)28-2)30(25,26)20-10-9-17(22)29-21-18(23)13-5-3-4-6-14(13)19(21)24/h3-8,11,20H,9-10H2,1-2H3. The van der Waals surface area contributed by atoms with E-state index in [0.717, 1.165) is 0 Å². The predicted molar refractivity (Wildman–Crippen MR) is 102 cm³/mol. The molecule has 30 heavy (non-hydrogen) atoms. The van der Waals surface area contributed by atoms with E-state index in [4.69, 9.17) is 14.3 Å². The highest BCUT2D eigenvalue weighted by Gasteiger charge is 2.38. The molecular weight excluding hydrogens is 416 g/mol. The minimum atomic E-state index is -3.95. The summed E-state index contributed by atoms with van der Waals surface area (Å²) in [6, 6.07) is 10.1. The minimum absolute atomic E-state index is 0.0890. The number of carbonyl (C=O) groups excluding carboxylic acids is 3. The molecule has 2 amide bonds. The van der Waals surface area contributed by atoms with Crippen molar-refractivity contribution in [2.45, 2.75) is 11.3 Å². The number of hydrogen-bond donors (Lipinski definition) is 1. The molecule has 1 aliphatic rings. The first-order chi connectivity index (χ1) is 14.3. The van der Waals surface area contributed by atoms with Crippen LogP contribution in [-0.2, 0) is 19.7 Å². The van der Waals surface area contributed by atoms with E-state index in [9.17, 15) is 22.8 Å². The minimum Gasteiger partial charge on any atom is -0.493 e. The van der Waals surface area contributed by atoms with Crippen LogP contribution in [0, 0.1) is 0 Å². The second-order valence-corrected chi connectivity index (χ2v) is 7.85. The maximum Gasteiger partial charge on any atom is 0.334 e. The molecule has 2 aromatic carbocycles. The number of methoxy groups -OCH3 is 2. The Morgan fingerprint density at radius 3 is 2.13 bits per heavy atom. The number of hydroxylamine groups is 2. The highest BCUT2D eigenvalue weighted by Crippen LogP contribution is 2.29. The van der Waals surface area contributed by atoms with Crippen LogP contribution in [0.15, 0.2) is 47.4 Å². The summed E-state index contributed by atoms with van der Waals surface area (Å²) in [7, 11) is -1.15. The third-order valence-electron chi connectivity index (χ3n) is 4.24. The molecule has 0 unspecified atom stereocenters. The molecular formula is C19H18N2O8S. The lowest BCUT2D eigenvalue weighted by Gasteiger charge is -2.13. The van der Waals surface area contributed by atoms with Crippen LogP contribution in [-0.4, -0.2) is 52.0 Å². The predicted octanol–water partition coefficient (Wildman–Crippen LogP) is 1.13. The molecule has 10 nitrogen and oxygen atoms in total. The van der Waals surface area contributed by atoms with E-state index in [1.807, 2.05) is 0 Å². The Kier molecular flexibility index (Phi) is 6.04. The van der Waals surface area contributed by atoms with E-state index in [-0.39, 0.29) is 28.3 Å². The topological polar surface area (TPSA) is 128 Å². The Balaban J connectivity index is 1.58. The van der Waals surface area contributed by atoms with Crippen LogP contribution in [0.5, 0.6) is 11.5 Å². The summed E-state index contributed by atoms with van der Waals surface area (Å²) in [5.41, 5.74) is 0.258. The van der Waals surface area contributed by atoms with Crippen LogP contribution in [0.3, 0.4) is 0 Å². The molecule has 3 rings (SSSR count). The highest BCUT2D eigenvalue weighted by molar-refractivity contribution is 7.89. The van der Waals surface area contributed by atoms with Crippen LogP contribution < -0.4 is 14.2 Å². The molecule has 0 bridgehead atoms. The molecule has 0 aliphatic carbocycles. The van der Waals surface area contributed by atoms with Gasteiger partial charge in [0.1, 0.15) is 0 Å². The molecule has 0 spiro atoms. The lowest BCUT2D eigenvalue weighted by molar-refractivity contribution is -0.168. The molecule has 1 N–H and O–H groups in total. The molecule has 0 radical (unpaired) electrons. The number of hydrogen-bond acceptors (Lipinski definition) is 8. The van der Waals surface area contributed by atoms with Crippen LogP contribution in [0.25, 0.3) is 0 Å². The van der Waals surface area contributed by atoms with Gasteiger partial charge in [0, 0.05) is 12.6 Å². The van der Waals surface area contributed by atoms with E-state index in [0.29, 0.717) is 10.8 Å². The van der Waals surface area contributed by atoms with Crippen molar-refractivity contribution in [3.63, 3.8) is 0 Å². The number of nitrogens with one attached hydrogen (secondary N) is 1. The SMILES string of the molecule is COc1ccc(S(=O)(=O)NCCC(=O)ON2C(=O)c3ccccc3C2=O)cc1OC. The number of imide groups is 1. The summed E-state index contributed by atoms with van der Waals surface area (Å²) < 4.78 is 37.2. The van der Waals surface area contributed by atoms with Crippen molar-refractivity contribution in [3.05, 3.63) is 53.6 Å². The summed E-state index contributed by atoms with van der Waals surface area (Å²) >= 11 is 0. The lowest BCUT2D eigenvalue weighted by Crippen LogP contribution is -2.34. The molecule has 0 aromatic heterocycles. The highest BCUT2D eigenvalue weighted by atomic mass is 32.2. The number of ether oxygens (including phenoxy) is 2. The second kappa shape index (κ2) is 8.51. The molecule has 1 aliphatic heterocycles. The Hall–Kier alpha value is -3.44. The molecule has 2 aromatic rings. The molecule has 11 heteroatoms.